The summed E-state index contributed by atoms with van der Waals surface area (Å²) < 4.78 is 13.1. The van der Waals surface area contributed by atoms with Crippen molar-refractivity contribution in [2.24, 2.45) is 7.05 Å². The molecule has 0 aliphatic carbocycles. The van der Waals surface area contributed by atoms with E-state index < -0.39 is 0 Å². The molecule has 0 saturated heterocycles. The van der Waals surface area contributed by atoms with E-state index in [-0.39, 0.29) is 6.04 Å². The molecule has 1 N–H and O–H groups in total. The van der Waals surface area contributed by atoms with Crippen LogP contribution in [0.5, 0.6) is 11.5 Å². The Labute approximate surface area is 154 Å². The van der Waals surface area contributed by atoms with Crippen LogP contribution >= 0.6 is 0 Å². The molecule has 1 heterocycles. The number of hydrogen-bond donors (Lipinski definition) is 1. The minimum Gasteiger partial charge on any atom is -0.493 e. The van der Waals surface area contributed by atoms with Crippen LogP contribution < -0.4 is 14.8 Å². The molecular formula is C21H25N3O2. The van der Waals surface area contributed by atoms with Crippen molar-refractivity contribution in [1.82, 2.24) is 14.9 Å². The SMILES string of the molecule is CCOc1cc(CN[C@H](c2ccccc2)c2nccn2C)ccc1OC. The number of nitrogens with zero attached hydrogens (tertiary/aromatic N) is 2. The van der Waals surface area contributed by atoms with Gasteiger partial charge in [-0.05, 0) is 30.2 Å². The van der Waals surface area contributed by atoms with Gasteiger partial charge in [0.05, 0.1) is 19.8 Å². The van der Waals surface area contributed by atoms with Gasteiger partial charge in [-0.1, -0.05) is 36.4 Å². The summed E-state index contributed by atoms with van der Waals surface area (Å²) in [5.74, 6) is 2.50. The Morgan fingerprint density at radius 1 is 1.12 bits per heavy atom. The fourth-order valence-corrected chi connectivity index (χ4v) is 2.98. The Bertz CT molecular complexity index is 830. The van der Waals surface area contributed by atoms with Gasteiger partial charge < -0.3 is 14.0 Å². The molecule has 0 fully saturated rings. The molecule has 0 spiro atoms. The Kier molecular flexibility index (Phi) is 5.92. The Hall–Kier alpha value is -2.79. The highest BCUT2D eigenvalue weighted by atomic mass is 16.5. The van der Waals surface area contributed by atoms with E-state index in [1.807, 2.05) is 61.3 Å². The number of methoxy groups -OCH3 is 1. The molecule has 0 saturated carbocycles. The highest BCUT2D eigenvalue weighted by molar-refractivity contribution is 5.43. The molecule has 1 aromatic heterocycles. The lowest BCUT2D eigenvalue weighted by molar-refractivity contribution is 0.310. The summed E-state index contributed by atoms with van der Waals surface area (Å²) in [6, 6.07) is 16.4. The average Bonchev–Trinajstić information content (AvgIpc) is 3.09. The molecule has 3 rings (SSSR count). The highest BCUT2D eigenvalue weighted by Gasteiger charge is 2.18. The second-order valence-corrected chi connectivity index (χ2v) is 6.04. The first kappa shape index (κ1) is 18.0. The summed E-state index contributed by atoms with van der Waals surface area (Å²) in [4.78, 5) is 4.53. The van der Waals surface area contributed by atoms with Crippen molar-refractivity contribution in [3.8, 4) is 11.5 Å². The molecule has 0 aliphatic rings. The zero-order chi connectivity index (χ0) is 18.4. The molecule has 0 amide bonds. The van der Waals surface area contributed by atoms with Crippen molar-refractivity contribution < 1.29 is 9.47 Å². The van der Waals surface area contributed by atoms with Crippen molar-refractivity contribution in [3.63, 3.8) is 0 Å². The zero-order valence-electron chi connectivity index (χ0n) is 15.5. The van der Waals surface area contributed by atoms with Crippen LogP contribution in [-0.2, 0) is 13.6 Å². The van der Waals surface area contributed by atoms with Gasteiger partial charge in [-0.3, -0.25) is 5.32 Å². The van der Waals surface area contributed by atoms with Crippen LogP contribution in [0.25, 0.3) is 0 Å². The van der Waals surface area contributed by atoms with Crippen molar-refractivity contribution in [2.75, 3.05) is 13.7 Å². The third kappa shape index (κ3) is 4.06. The third-order valence-electron chi connectivity index (χ3n) is 4.29. The zero-order valence-corrected chi connectivity index (χ0v) is 15.5. The molecule has 5 nitrogen and oxygen atoms in total. The summed E-state index contributed by atoms with van der Waals surface area (Å²) in [6.07, 6.45) is 3.79. The fraction of sp³-hybridized carbons (Fsp3) is 0.286. The van der Waals surface area contributed by atoms with Crippen molar-refractivity contribution in [3.05, 3.63) is 77.9 Å². The fourth-order valence-electron chi connectivity index (χ4n) is 2.98. The van der Waals surface area contributed by atoms with E-state index in [4.69, 9.17) is 9.47 Å². The predicted octanol–water partition coefficient (Wildman–Crippen LogP) is 3.71. The largest absolute Gasteiger partial charge is 0.493 e. The van der Waals surface area contributed by atoms with Crippen molar-refractivity contribution in [2.45, 2.75) is 19.5 Å². The standard InChI is InChI=1S/C21H25N3O2/c1-4-26-19-14-16(10-11-18(19)25-3)15-23-20(17-8-6-5-7-9-17)21-22-12-13-24(21)2/h5-14,20,23H,4,15H2,1-3H3/t20-/m1/s1. The average molecular weight is 351 g/mol. The van der Waals surface area contributed by atoms with Gasteiger partial charge in [-0.25, -0.2) is 4.98 Å². The molecule has 0 radical (unpaired) electrons. The van der Waals surface area contributed by atoms with E-state index in [2.05, 4.69) is 28.5 Å². The molecule has 2 aromatic carbocycles. The first-order valence-electron chi connectivity index (χ1n) is 8.78. The Morgan fingerprint density at radius 3 is 2.58 bits per heavy atom. The van der Waals surface area contributed by atoms with E-state index in [9.17, 15) is 0 Å². The molecular weight excluding hydrogens is 326 g/mol. The van der Waals surface area contributed by atoms with E-state index >= 15 is 0 Å². The minimum absolute atomic E-state index is 0.00819. The maximum Gasteiger partial charge on any atom is 0.161 e. The summed E-state index contributed by atoms with van der Waals surface area (Å²) in [7, 11) is 3.67. The maximum atomic E-state index is 5.68. The van der Waals surface area contributed by atoms with Crippen LogP contribution in [0.4, 0.5) is 0 Å². The number of rotatable bonds is 8. The summed E-state index contributed by atoms with van der Waals surface area (Å²) in [5.41, 5.74) is 2.31. The number of hydrogen-bond acceptors (Lipinski definition) is 4. The summed E-state index contributed by atoms with van der Waals surface area (Å²) in [5, 5.41) is 3.62. The normalized spacial score (nSPS) is 12.0. The van der Waals surface area contributed by atoms with Gasteiger partial charge in [-0.15, -0.1) is 0 Å². The molecule has 0 aliphatic heterocycles. The second-order valence-electron chi connectivity index (χ2n) is 6.04. The van der Waals surface area contributed by atoms with Crippen LogP contribution in [-0.4, -0.2) is 23.3 Å². The summed E-state index contributed by atoms with van der Waals surface area (Å²) in [6.45, 7) is 3.26. The first-order chi connectivity index (χ1) is 12.7. The number of ether oxygens (including phenoxy) is 2. The van der Waals surface area contributed by atoms with E-state index in [1.165, 1.54) is 5.56 Å². The van der Waals surface area contributed by atoms with E-state index in [0.29, 0.717) is 13.2 Å². The number of nitrogens with one attached hydrogen (secondary N) is 1. The van der Waals surface area contributed by atoms with Crippen molar-refractivity contribution >= 4 is 0 Å². The van der Waals surface area contributed by atoms with Gasteiger partial charge in [0.15, 0.2) is 11.5 Å². The molecule has 0 bridgehead atoms. The lowest BCUT2D eigenvalue weighted by Gasteiger charge is -2.20. The smallest absolute Gasteiger partial charge is 0.161 e. The van der Waals surface area contributed by atoms with E-state index in [0.717, 1.165) is 22.9 Å². The number of benzene rings is 2. The lowest BCUT2D eigenvalue weighted by Crippen LogP contribution is -2.24. The third-order valence-corrected chi connectivity index (χ3v) is 4.29. The van der Waals surface area contributed by atoms with Crippen LogP contribution in [0.2, 0.25) is 0 Å². The quantitative estimate of drug-likeness (QED) is 0.672. The van der Waals surface area contributed by atoms with Gasteiger partial charge >= 0.3 is 0 Å². The molecule has 136 valence electrons. The Morgan fingerprint density at radius 2 is 1.92 bits per heavy atom. The van der Waals surface area contributed by atoms with Gasteiger partial charge in [0.25, 0.3) is 0 Å². The van der Waals surface area contributed by atoms with Gasteiger partial charge in [-0.2, -0.15) is 0 Å². The highest BCUT2D eigenvalue weighted by Crippen LogP contribution is 2.28. The second kappa shape index (κ2) is 8.54. The number of aryl methyl sites for hydroxylation is 1. The topological polar surface area (TPSA) is 48.3 Å². The molecule has 5 heteroatoms. The summed E-state index contributed by atoms with van der Waals surface area (Å²) >= 11 is 0. The number of aromatic nitrogens is 2. The molecule has 0 unspecified atom stereocenters. The van der Waals surface area contributed by atoms with E-state index in [1.54, 1.807) is 7.11 Å². The number of imidazole rings is 1. The first-order valence-corrected chi connectivity index (χ1v) is 8.78. The maximum absolute atomic E-state index is 5.68. The van der Waals surface area contributed by atoms with Crippen LogP contribution in [0.1, 0.15) is 29.9 Å². The predicted molar refractivity (Wildman–Crippen MR) is 102 cm³/mol. The molecule has 1 atom stereocenters. The molecule has 3 aromatic rings. The van der Waals surface area contributed by atoms with Crippen LogP contribution in [0.15, 0.2) is 60.9 Å². The Balaban J connectivity index is 1.82. The van der Waals surface area contributed by atoms with Gasteiger partial charge in [0.1, 0.15) is 5.82 Å². The van der Waals surface area contributed by atoms with Crippen LogP contribution in [0, 0.1) is 0 Å². The van der Waals surface area contributed by atoms with Gasteiger partial charge in [0, 0.05) is 26.0 Å². The minimum atomic E-state index is 0.00819. The molecule has 26 heavy (non-hydrogen) atoms. The van der Waals surface area contributed by atoms with Gasteiger partial charge in [0.2, 0.25) is 0 Å². The van der Waals surface area contributed by atoms with Crippen LogP contribution in [0.3, 0.4) is 0 Å². The lowest BCUT2D eigenvalue weighted by atomic mass is 10.1. The van der Waals surface area contributed by atoms with Crippen molar-refractivity contribution in [1.29, 1.82) is 0 Å². The monoisotopic (exact) mass is 351 g/mol.